The molecule has 1 aliphatic rings. The monoisotopic (exact) mass is 662 g/mol. The second kappa shape index (κ2) is 13.4. The summed E-state index contributed by atoms with van der Waals surface area (Å²) >= 11 is 0. The van der Waals surface area contributed by atoms with E-state index in [0.29, 0.717) is 22.1 Å². The summed E-state index contributed by atoms with van der Waals surface area (Å²) in [5.41, 5.74) is 0.236. The first-order valence-corrected chi connectivity index (χ1v) is 14.9. The van der Waals surface area contributed by atoms with Crippen LogP contribution < -0.4 is 19.8 Å². The molecule has 252 valence electrons. The van der Waals surface area contributed by atoms with Crippen LogP contribution in [0.2, 0.25) is 0 Å². The molecule has 13 heteroatoms. The third-order valence-electron chi connectivity index (χ3n) is 7.91. The second-order valence-corrected chi connectivity index (χ2v) is 11.2. The van der Waals surface area contributed by atoms with Crippen LogP contribution in [0.15, 0.2) is 46.1 Å². The van der Waals surface area contributed by atoms with E-state index in [1.807, 2.05) is 0 Å². The van der Waals surface area contributed by atoms with Gasteiger partial charge in [-0.3, -0.25) is 19.2 Å². The molecule has 1 saturated heterocycles. The molecule has 0 spiro atoms. The Bertz CT molecular complexity index is 2040. The van der Waals surface area contributed by atoms with Gasteiger partial charge < -0.3 is 37.6 Å². The van der Waals surface area contributed by atoms with Gasteiger partial charge in [0.2, 0.25) is 0 Å². The van der Waals surface area contributed by atoms with Crippen LogP contribution in [-0.2, 0) is 38.1 Å². The van der Waals surface area contributed by atoms with Crippen LogP contribution in [0.1, 0.15) is 51.8 Å². The molecule has 5 atom stereocenters. The largest absolute Gasteiger partial charge is 0.496 e. The topological polar surface area (TPSA) is 163 Å². The van der Waals surface area contributed by atoms with E-state index in [2.05, 4.69) is 6.58 Å². The van der Waals surface area contributed by atoms with Crippen molar-refractivity contribution in [3.05, 3.63) is 58.5 Å². The standard InChI is InChI=1S/C35H34O13/c1-9-20-12-23-27(25(13-20)41-7)22-14-26(42-8)29-24(44-17(4)37)11-10-21(28(29)31(22)48-35(23)40)32-34(46-19(6)39)33(45-18(5)38)30(47-32)15(2)43-16(3)36/h9-15,30,32-34H,1H2,2-8H3/t15-,30+,32-,33+,34+/m1/s1. The van der Waals surface area contributed by atoms with Crippen molar-refractivity contribution in [2.45, 2.75) is 65.1 Å². The minimum absolute atomic E-state index is 0.0441. The summed E-state index contributed by atoms with van der Waals surface area (Å²) in [6, 6.07) is 7.99. The van der Waals surface area contributed by atoms with Crippen LogP contribution in [0.25, 0.3) is 38.6 Å². The molecule has 1 fully saturated rings. The lowest BCUT2D eigenvalue weighted by Crippen LogP contribution is -2.43. The number of methoxy groups -OCH3 is 2. The summed E-state index contributed by atoms with van der Waals surface area (Å²) in [5, 5.41) is 1.44. The van der Waals surface area contributed by atoms with E-state index < -0.39 is 60.0 Å². The lowest BCUT2D eigenvalue weighted by Gasteiger charge is -2.26. The maximum atomic E-state index is 13.7. The average Bonchev–Trinajstić information content (AvgIpc) is 3.35. The number of ether oxygens (including phenoxy) is 7. The van der Waals surface area contributed by atoms with E-state index >= 15 is 0 Å². The summed E-state index contributed by atoms with van der Waals surface area (Å²) in [6.45, 7) is 10.1. The predicted octanol–water partition coefficient (Wildman–Crippen LogP) is 4.94. The quantitative estimate of drug-likeness (QED) is 0.0779. The Hall–Kier alpha value is -5.43. The summed E-state index contributed by atoms with van der Waals surface area (Å²) < 4.78 is 46.3. The fraction of sp³-hybridized carbons (Fsp3) is 0.343. The number of esters is 4. The van der Waals surface area contributed by atoms with Crippen LogP contribution in [0.5, 0.6) is 17.2 Å². The molecule has 0 saturated carbocycles. The van der Waals surface area contributed by atoms with Gasteiger partial charge in [0.15, 0.2) is 12.2 Å². The number of carbonyl (C=O) groups excluding carboxylic acids is 4. The lowest BCUT2D eigenvalue weighted by atomic mass is 9.92. The molecule has 3 aromatic carbocycles. The Morgan fingerprint density at radius 2 is 1.44 bits per heavy atom. The number of hydrogen-bond acceptors (Lipinski definition) is 13. The predicted molar refractivity (Wildman–Crippen MR) is 172 cm³/mol. The second-order valence-electron chi connectivity index (χ2n) is 11.2. The zero-order valence-electron chi connectivity index (χ0n) is 27.4. The average molecular weight is 663 g/mol. The molecule has 0 aliphatic carbocycles. The van der Waals surface area contributed by atoms with Gasteiger partial charge in [0.25, 0.3) is 0 Å². The molecule has 13 nitrogen and oxygen atoms in total. The van der Waals surface area contributed by atoms with Crippen LogP contribution in [0.3, 0.4) is 0 Å². The third kappa shape index (κ3) is 6.16. The highest BCUT2D eigenvalue weighted by Crippen LogP contribution is 2.49. The minimum atomic E-state index is -1.27. The van der Waals surface area contributed by atoms with Crippen molar-refractivity contribution in [2.24, 2.45) is 0 Å². The van der Waals surface area contributed by atoms with Crippen LogP contribution in [0.4, 0.5) is 0 Å². The molecule has 1 aliphatic heterocycles. The highest BCUT2D eigenvalue weighted by Gasteiger charge is 2.53. The van der Waals surface area contributed by atoms with E-state index in [-0.39, 0.29) is 38.8 Å². The summed E-state index contributed by atoms with van der Waals surface area (Å²) in [5.74, 6) is -2.02. The summed E-state index contributed by atoms with van der Waals surface area (Å²) in [7, 11) is 2.88. The molecule has 1 aromatic heterocycles. The van der Waals surface area contributed by atoms with Crippen LogP contribution >= 0.6 is 0 Å². The van der Waals surface area contributed by atoms with Gasteiger partial charge in [-0.1, -0.05) is 18.7 Å². The molecule has 2 heterocycles. The molecule has 0 N–H and O–H groups in total. The Morgan fingerprint density at radius 1 is 0.792 bits per heavy atom. The first-order valence-electron chi connectivity index (χ1n) is 14.9. The van der Waals surface area contributed by atoms with Crippen molar-refractivity contribution in [3.8, 4) is 17.2 Å². The zero-order chi connectivity index (χ0) is 35.0. The van der Waals surface area contributed by atoms with Gasteiger partial charge >= 0.3 is 29.5 Å². The number of fused-ring (bicyclic) bond motifs is 5. The van der Waals surface area contributed by atoms with Gasteiger partial charge in [0.05, 0.1) is 25.0 Å². The minimum Gasteiger partial charge on any atom is -0.496 e. The maximum absolute atomic E-state index is 13.7. The number of benzene rings is 3. The molecule has 4 aromatic rings. The van der Waals surface area contributed by atoms with Crippen molar-refractivity contribution in [1.82, 2.24) is 0 Å². The molecule has 0 unspecified atom stereocenters. The van der Waals surface area contributed by atoms with Crippen molar-refractivity contribution in [2.75, 3.05) is 14.2 Å². The highest BCUT2D eigenvalue weighted by molar-refractivity contribution is 6.20. The normalized spacial score (nSPS) is 19.5. The zero-order valence-corrected chi connectivity index (χ0v) is 27.4. The first kappa shape index (κ1) is 33.9. The van der Waals surface area contributed by atoms with Gasteiger partial charge in [-0.05, 0) is 42.3 Å². The highest BCUT2D eigenvalue weighted by atomic mass is 16.7. The molecular weight excluding hydrogens is 628 g/mol. The van der Waals surface area contributed by atoms with E-state index in [1.165, 1.54) is 48.0 Å². The van der Waals surface area contributed by atoms with Gasteiger partial charge in [-0.2, -0.15) is 0 Å². The molecule has 0 bridgehead atoms. The van der Waals surface area contributed by atoms with E-state index in [1.54, 1.807) is 37.3 Å². The van der Waals surface area contributed by atoms with Gasteiger partial charge in [-0.15, -0.1) is 0 Å². The third-order valence-corrected chi connectivity index (χ3v) is 7.91. The number of carbonyl (C=O) groups is 4. The Kier molecular flexibility index (Phi) is 9.44. The molecule has 48 heavy (non-hydrogen) atoms. The Labute approximate surface area is 274 Å². The van der Waals surface area contributed by atoms with Gasteiger partial charge in [-0.25, -0.2) is 4.79 Å². The lowest BCUT2D eigenvalue weighted by molar-refractivity contribution is -0.169. The molecule has 0 amide bonds. The molecule has 0 radical (unpaired) electrons. The fourth-order valence-corrected chi connectivity index (χ4v) is 6.21. The Balaban J connectivity index is 1.93. The maximum Gasteiger partial charge on any atom is 0.344 e. The first-order chi connectivity index (χ1) is 22.8. The van der Waals surface area contributed by atoms with Crippen molar-refractivity contribution in [3.63, 3.8) is 0 Å². The smallest absolute Gasteiger partial charge is 0.344 e. The number of rotatable bonds is 9. The van der Waals surface area contributed by atoms with Gasteiger partial charge in [0, 0.05) is 43.9 Å². The van der Waals surface area contributed by atoms with E-state index in [4.69, 9.17) is 37.6 Å². The Morgan fingerprint density at radius 3 is 2.02 bits per heavy atom. The van der Waals surface area contributed by atoms with Crippen molar-refractivity contribution < 1.29 is 56.8 Å². The number of hydrogen-bond donors (Lipinski definition) is 0. The van der Waals surface area contributed by atoms with Crippen molar-refractivity contribution >= 4 is 62.5 Å². The molecular formula is C35H34O13. The van der Waals surface area contributed by atoms with E-state index in [9.17, 15) is 24.0 Å². The summed E-state index contributed by atoms with van der Waals surface area (Å²) in [6.07, 6.45) is -4.19. The van der Waals surface area contributed by atoms with Crippen LogP contribution in [-0.4, -0.2) is 62.5 Å². The summed E-state index contributed by atoms with van der Waals surface area (Å²) in [4.78, 5) is 62.6. The van der Waals surface area contributed by atoms with Crippen LogP contribution in [0, 0.1) is 0 Å². The SMILES string of the molecule is C=Cc1cc(OC)c2c(c1)c(=O)oc1c2cc(OC)c2c(OC(C)=O)ccc([C@H]3O[C@@H]([C@@H](C)OC(C)=O)[C@H](OC(C)=O)[C@H]3OC(C)=O)c21. The fourth-order valence-electron chi connectivity index (χ4n) is 6.21. The van der Waals surface area contributed by atoms with E-state index in [0.717, 1.165) is 0 Å². The van der Waals surface area contributed by atoms with Gasteiger partial charge in [0.1, 0.15) is 41.1 Å². The molecule has 5 rings (SSSR count). The van der Waals surface area contributed by atoms with Crippen molar-refractivity contribution in [1.29, 1.82) is 0 Å².